The molecule has 0 bridgehead atoms. The molecule has 24 heavy (non-hydrogen) atoms. The van der Waals surface area contributed by atoms with Crippen LogP contribution in [0.25, 0.3) is 0 Å². The Hall–Kier alpha value is -1.49. The van der Waals surface area contributed by atoms with Crippen molar-refractivity contribution in [3.63, 3.8) is 0 Å². The molecule has 1 saturated heterocycles. The molecule has 0 aromatic carbocycles. The lowest BCUT2D eigenvalue weighted by Crippen LogP contribution is -2.46. The van der Waals surface area contributed by atoms with E-state index in [2.05, 4.69) is 6.92 Å². The second-order valence-corrected chi connectivity index (χ2v) is 7.00. The Morgan fingerprint density at radius 3 is 2.33 bits per heavy atom. The molecule has 1 fully saturated rings. The lowest BCUT2D eigenvalue weighted by Gasteiger charge is -2.39. The van der Waals surface area contributed by atoms with Gasteiger partial charge in [0.1, 0.15) is 6.61 Å². The maximum Gasteiger partial charge on any atom is 0.305 e. The van der Waals surface area contributed by atoms with Crippen LogP contribution in [0.2, 0.25) is 0 Å². The highest BCUT2D eigenvalue weighted by Gasteiger charge is 2.38. The topological polar surface area (TPSA) is 69.7 Å². The largest absolute Gasteiger partial charge is 0.465 e. The van der Waals surface area contributed by atoms with E-state index in [0.29, 0.717) is 32.7 Å². The highest BCUT2D eigenvalue weighted by molar-refractivity contribution is 6.18. The van der Waals surface area contributed by atoms with Crippen molar-refractivity contribution in [3.8, 4) is 0 Å². The maximum atomic E-state index is 11.7. The molecular weight excluding hydrogens is 308 g/mol. The molecule has 0 amide bonds. The lowest BCUT2D eigenvalue weighted by atomic mass is 9.84. The van der Waals surface area contributed by atoms with Crippen LogP contribution in [0.4, 0.5) is 0 Å². The number of ether oxygens (including phenoxy) is 2. The standard InChI is InChI=1S/C19H28O5/c1-2-19(12-23-13-19)14-24-18(22)9-7-5-3-4-6-8-15-16(20)10-11-17(15)21/h10-11,15H,2-9,12-14H2,1H3. The van der Waals surface area contributed by atoms with Crippen molar-refractivity contribution < 1.29 is 23.9 Å². The summed E-state index contributed by atoms with van der Waals surface area (Å²) in [6, 6.07) is 0. The van der Waals surface area contributed by atoms with Gasteiger partial charge < -0.3 is 9.47 Å². The fourth-order valence-corrected chi connectivity index (χ4v) is 3.06. The monoisotopic (exact) mass is 336 g/mol. The van der Waals surface area contributed by atoms with Crippen LogP contribution in [-0.4, -0.2) is 37.4 Å². The molecule has 0 atom stereocenters. The highest BCUT2D eigenvalue weighted by Crippen LogP contribution is 2.31. The SMILES string of the molecule is CCC1(COC(=O)CCCCCCCC2C(=O)C=CC2=O)COC1. The van der Waals surface area contributed by atoms with Gasteiger partial charge in [0.15, 0.2) is 11.6 Å². The van der Waals surface area contributed by atoms with Gasteiger partial charge in [-0.3, -0.25) is 14.4 Å². The molecule has 0 aromatic rings. The summed E-state index contributed by atoms with van der Waals surface area (Å²) in [5.74, 6) is -0.654. The van der Waals surface area contributed by atoms with E-state index in [0.717, 1.165) is 38.5 Å². The minimum Gasteiger partial charge on any atom is -0.465 e. The van der Waals surface area contributed by atoms with E-state index >= 15 is 0 Å². The minimum atomic E-state index is -0.429. The van der Waals surface area contributed by atoms with Gasteiger partial charge in [0, 0.05) is 6.42 Å². The third-order valence-corrected chi connectivity index (χ3v) is 5.08. The Balaban J connectivity index is 1.44. The van der Waals surface area contributed by atoms with Crippen molar-refractivity contribution in [2.45, 2.75) is 58.3 Å². The molecule has 1 heterocycles. The van der Waals surface area contributed by atoms with Gasteiger partial charge in [-0.25, -0.2) is 0 Å². The molecule has 0 aromatic heterocycles. The third kappa shape index (κ3) is 5.26. The first kappa shape index (κ1) is 18.8. The molecule has 5 nitrogen and oxygen atoms in total. The zero-order chi connectivity index (χ0) is 17.4. The van der Waals surface area contributed by atoms with Crippen LogP contribution in [0.5, 0.6) is 0 Å². The highest BCUT2D eigenvalue weighted by atomic mass is 16.5. The van der Waals surface area contributed by atoms with Gasteiger partial charge in [-0.05, 0) is 31.4 Å². The Bertz CT molecular complexity index is 466. The fourth-order valence-electron chi connectivity index (χ4n) is 3.06. The predicted molar refractivity (Wildman–Crippen MR) is 89.5 cm³/mol. The molecule has 5 heteroatoms. The number of hydrogen-bond acceptors (Lipinski definition) is 5. The molecule has 1 aliphatic heterocycles. The molecule has 0 unspecified atom stereocenters. The van der Waals surface area contributed by atoms with Crippen LogP contribution in [0.3, 0.4) is 0 Å². The van der Waals surface area contributed by atoms with Crippen molar-refractivity contribution in [1.82, 2.24) is 0 Å². The Morgan fingerprint density at radius 1 is 1.12 bits per heavy atom. The van der Waals surface area contributed by atoms with Crippen molar-refractivity contribution in [1.29, 1.82) is 0 Å². The van der Waals surface area contributed by atoms with E-state index in [1.165, 1.54) is 12.2 Å². The fraction of sp³-hybridized carbons (Fsp3) is 0.737. The van der Waals surface area contributed by atoms with Crippen molar-refractivity contribution in [2.75, 3.05) is 19.8 Å². The average Bonchev–Trinajstić information content (AvgIpc) is 2.85. The molecule has 2 aliphatic rings. The van der Waals surface area contributed by atoms with Gasteiger partial charge in [0.05, 0.1) is 24.5 Å². The van der Waals surface area contributed by atoms with Crippen LogP contribution in [-0.2, 0) is 23.9 Å². The summed E-state index contributed by atoms with van der Waals surface area (Å²) in [4.78, 5) is 34.6. The molecule has 134 valence electrons. The Morgan fingerprint density at radius 2 is 1.75 bits per heavy atom. The summed E-state index contributed by atoms with van der Waals surface area (Å²) in [5, 5.41) is 0. The summed E-state index contributed by atoms with van der Waals surface area (Å²) < 4.78 is 10.6. The Kier molecular flexibility index (Phi) is 7.16. The molecule has 0 spiro atoms. The van der Waals surface area contributed by atoms with E-state index in [1.54, 1.807) is 0 Å². The van der Waals surface area contributed by atoms with E-state index in [9.17, 15) is 14.4 Å². The molecule has 1 aliphatic carbocycles. The lowest BCUT2D eigenvalue weighted by molar-refractivity contribution is -0.170. The first-order valence-electron chi connectivity index (χ1n) is 9.05. The molecule has 0 saturated carbocycles. The number of carbonyl (C=O) groups is 3. The van der Waals surface area contributed by atoms with Gasteiger partial charge in [0.25, 0.3) is 0 Å². The summed E-state index contributed by atoms with van der Waals surface area (Å²) >= 11 is 0. The van der Waals surface area contributed by atoms with Crippen molar-refractivity contribution in [3.05, 3.63) is 12.2 Å². The van der Waals surface area contributed by atoms with E-state index in [4.69, 9.17) is 9.47 Å². The predicted octanol–water partition coefficient (Wildman–Crippen LogP) is 3.01. The number of allylic oxidation sites excluding steroid dienone is 2. The van der Waals surface area contributed by atoms with E-state index in [1.807, 2.05) is 0 Å². The van der Waals surface area contributed by atoms with Crippen LogP contribution in [0, 0.1) is 11.3 Å². The van der Waals surface area contributed by atoms with Crippen molar-refractivity contribution in [2.24, 2.45) is 11.3 Å². The molecular formula is C19H28O5. The van der Waals surface area contributed by atoms with Crippen LogP contribution >= 0.6 is 0 Å². The van der Waals surface area contributed by atoms with Crippen molar-refractivity contribution >= 4 is 17.5 Å². The zero-order valence-corrected chi connectivity index (χ0v) is 14.6. The molecule has 0 N–H and O–H groups in total. The summed E-state index contributed by atoms with van der Waals surface area (Å²) in [6.45, 7) is 3.95. The number of rotatable bonds is 11. The van der Waals surface area contributed by atoms with Gasteiger partial charge in [0.2, 0.25) is 0 Å². The number of ketones is 2. The molecule has 2 rings (SSSR count). The number of esters is 1. The second-order valence-electron chi connectivity index (χ2n) is 7.00. The quantitative estimate of drug-likeness (QED) is 0.329. The molecule has 0 radical (unpaired) electrons. The summed E-state index contributed by atoms with van der Waals surface area (Å²) in [6.07, 6.45) is 9.55. The summed E-state index contributed by atoms with van der Waals surface area (Å²) in [5.41, 5.74) is 0.0552. The summed E-state index contributed by atoms with van der Waals surface area (Å²) in [7, 11) is 0. The van der Waals surface area contributed by atoms with Gasteiger partial charge in [-0.2, -0.15) is 0 Å². The van der Waals surface area contributed by atoms with Crippen LogP contribution < -0.4 is 0 Å². The second kappa shape index (κ2) is 9.11. The van der Waals surface area contributed by atoms with E-state index < -0.39 is 5.92 Å². The normalized spacial score (nSPS) is 19.5. The minimum absolute atomic E-state index is 0.0514. The van der Waals surface area contributed by atoms with Crippen LogP contribution in [0.15, 0.2) is 12.2 Å². The smallest absolute Gasteiger partial charge is 0.305 e. The van der Waals surface area contributed by atoms with Gasteiger partial charge in [-0.15, -0.1) is 0 Å². The van der Waals surface area contributed by atoms with Gasteiger partial charge >= 0.3 is 5.97 Å². The van der Waals surface area contributed by atoms with E-state index in [-0.39, 0.29) is 23.0 Å². The number of unbranched alkanes of at least 4 members (excludes halogenated alkanes) is 4. The Labute approximate surface area is 143 Å². The maximum absolute atomic E-state index is 11.7. The zero-order valence-electron chi connectivity index (χ0n) is 14.6. The third-order valence-electron chi connectivity index (χ3n) is 5.08. The first-order valence-corrected chi connectivity index (χ1v) is 9.05. The first-order chi connectivity index (χ1) is 11.6. The van der Waals surface area contributed by atoms with Gasteiger partial charge in [-0.1, -0.05) is 32.6 Å². The average molecular weight is 336 g/mol. The number of hydrogen-bond donors (Lipinski definition) is 0. The van der Waals surface area contributed by atoms with Crippen LogP contribution in [0.1, 0.15) is 58.3 Å². The number of carbonyl (C=O) groups excluding carboxylic acids is 3.